The maximum atomic E-state index is 13.4. The normalized spacial score (nSPS) is 20.9. The van der Waals surface area contributed by atoms with Crippen molar-refractivity contribution in [2.75, 3.05) is 6.61 Å². The Kier molecular flexibility index (Phi) is 8.22. The first kappa shape index (κ1) is 22.5. The summed E-state index contributed by atoms with van der Waals surface area (Å²) in [6.45, 7) is 6.41. The Balaban J connectivity index is 2.03. The van der Waals surface area contributed by atoms with Gasteiger partial charge < -0.3 is 9.57 Å². The number of hydrogen-bond acceptors (Lipinski definition) is 4. The van der Waals surface area contributed by atoms with E-state index >= 15 is 0 Å². The van der Waals surface area contributed by atoms with Crippen molar-refractivity contribution in [2.24, 2.45) is 5.16 Å². The van der Waals surface area contributed by atoms with Gasteiger partial charge in [0.25, 0.3) is 0 Å². The number of carbonyl (C=O) groups is 1. The molecule has 0 radical (unpaired) electrons. The Labute approximate surface area is 185 Å². The minimum atomic E-state index is -0.325. The average Bonchev–Trinajstić information content (AvgIpc) is 2.75. The van der Waals surface area contributed by atoms with Crippen molar-refractivity contribution >= 4 is 11.7 Å². The van der Waals surface area contributed by atoms with Crippen LogP contribution in [0.1, 0.15) is 64.9 Å². The molecule has 4 heteroatoms. The molecule has 1 heterocycles. The molecular weight excluding hydrogens is 386 g/mol. The molecule has 0 saturated heterocycles. The summed E-state index contributed by atoms with van der Waals surface area (Å²) in [6, 6.07) is 14.0. The van der Waals surface area contributed by atoms with Gasteiger partial charge in [0, 0.05) is 12.8 Å². The monoisotopic (exact) mass is 417 g/mol. The molecule has 2 aromatic carbocycles. The first-order valence-electron chi connectivity index (χ1n) is 10.9. The highest BCUT2D eigenvalue weighted by atomic mass is 16.6. The van der Waals surface area contributed by atoms with E-state index in [9.17, 15) is 4.79 Å². The zero-order valence-electron chi connectivity index (χ0n) is 18.6. The molecule has 0 saturated carbocycles. The standard InChI is InChI=1S/C27H31NO3/c1-4-30-28-24-15-11-6-5-7-12-16-25(22-13-9-8-10-14-22)31-27(29)26-21(3)17-20(2)18-23(26)19-24/h7-15,17-18,25H,4-6,16,19H2,1-3H3/b12-7+,15-11+,28-24?/t25-/m0/s1. The van der Waals surface area contributed by atoms with E-state index in [0.29, 0.717) is 25.0 Å². The first-order chi connectivity index (χ1) is 15.1. The van der Waals surface area contributed by atoms with Crippen LogP contribution in [-0.2, 0) is 16.0 Å². The van der Waals surface area contributed by atoms with Gasteiger partial charge in [0.15, 0.2) is 0 Å². The fourth-order valence-corrected chi connectivity index (χ4v) is 3.81. The number of carbonyl (C=O) groups excluding carboxylic acids is 1. The molecule has 0 unspecified atom stereocenters. The fraction of sp³-hybridized carbons (Fsp3) is 0.333. The number of hydrogen-bond donors (Lipinski definition) is 0. The quantitative estimate of drug-likeness (QED) is 0.328. The number of benzene rings is 2. The molecule has 0 aliphatic carbocycles. The SMILES string of the molecule is CCON=C1/C=C/CC/C=C/C[C@@H](c2ccccc2)OC(=O)c2c(C)cc(C)cc2C1. The zero-order chi connectivity index (χ0) is 22.1. The molecule has 1 aliphatic rings. The second-order valence-corrected chi connectivity index (χ2v) is 7.78. The topological polar surface area (TPSA) is 47.9 Å². The van der Waals surface area contributed by atoms with Crippen LogP contribution in [-0.4, -0.2) is 18.3 Å². The van der Waals surface area contributed by atoms with E-state index in [1.54, 1.807) is 0 Å². The van der Waals surface area contributed by atoms with Crippen LogP contribution in [0, 0.1) is 13.8 Å². The van der Waals surface area contributed by atoms with Gasteiger partial charge in [0.2, 0.25) is 0 Å². The molecule has 3 rings (SSSR count). The van der Waals surface area contributed by atoms with E-state index in [0.717, 1.165) is 40.8 Å². The highest BCUT2D eigenvalue weighted by Gasteiger charge is 2.22. The Morgan fingerprint density at radius 3 is 2.61 bits per heavy atom. The van der Waals surface area contributed by atoms with Gasteiger partial charge in [-0.1, -0.05) is 71.4 Å². The molecule has 0 bridgehead atoms. The van der Waals surface area contributed by atoms with Gasteiger partial charge in [-0.05, 0) is 56.4 Å². The van der Waals surface area contributed by atoms with E-state index < -0.39 is 0 Å². The Bertz CT molecular complexity index is 973. The number of oxime groups is 1. The lowest BCUT2D eigenvalue weighted by atomic mass is 9.94. The number of rotatable bonds is 3. The zero-order valence-corrected chi connectivity index (χ0v) is 18.6. The van der Waals surface area contributed by atoms with Crippen molar-refractivity contribution in [3.8, 4) is 0 Å². The van der Waals surface area contributed by atoms with Crippen LogP contribution in [0.25, 0.3) is 0 Å². The third-order valence-corrected chi connectivity index (χ3v) is 5.20. The molecule has 0 amide bonds. The van der Waals surface area contributed by atoms with Crippen LogP contribution in [0.15, 0.2) is 71.9 Å². The van der Waals surface area contributed by atoms with E-state index in [4.69, 9.17) is 9.57 Å². The van der Waals surface area contributed by atoms with E-state index in [2.05, 4.69) is 23.4 Å². The fourth-order valence-electron chi connectivity index (χ4n) is 3.81. The summed E-state index contributed by atoms with van der Waals surface area (Å²) in [6.07, 6.45) is 11.0. The number of allylic oxidation sites excluding steroid dienone is 3. The number of ether oxygens (including phenoxy) is 1. The highest BCUT2D eigenvalue weighted by Crippen LogP contribution is 2.27. The third-order valence-electron chi connectivity index (χ3n) is 5.20. The Morgan fingerprint density at radius 1 is 1.06 bits per heavy atom. The second-order valence-electron chi connectivity index (χ2n) is 7.78. The van der Waals surface area contributed by atoms with Gasteiger partial charge >= 0.3 is 5.97 Å². The molecule has 1 atom stereocenters. The summed E-state index contributed by atoms with van der Waals surface area (Å²) in [5, 5.41) is 4.28. The summed E-state index contributed by atoms with van der Waals surface area (Å²) in [5.41, 5.74) is 5.33. The van der Waals surface area contributed by atoms with Crippen molar-refractivity contribution in [2.45, 2.75) is 52.6 Å². The van der Waals surface area contributed by atoms with Crippen LogP contribution >= 0.6 is 0 Å². The van der Waals surface area contributed by atoms with Gasteiger partial charge in [-0.2, -0.15) is 0 Å². The molecule has 162 valence electrons. The van der Waals surface area contributed by atoms with Crippen LogP contribution in [0.2, 0.25) is 0 Å². The number of cyclic esters (lactones) is 1. The van der Waals surface area contributed by atoms with Crippen LogP contribution < -0.4 is 0 Å². The van der Waals surface area contributed by atoms with Crippen molar-refractivity contribution in [1.82, 2.24) is 0 Å². The van der Waals surface area contributed by atoms with Crippen molar-refractivity contribution in [3.63, 3.8) is 0 Å². The van der Waals surface area contributed by atoms with Crippen LogP contribution in [0.4, 0.5) is 0 Å². The Hall–Kier alpha value is -3.14. The van der Waals surface area contributed by atoms with Crippen molar-refractivity contribution < 1.29 is 14.4 Å². The molecular formula is C27H31NO3. The van der Waals surface area contributed by atoms with Crippen LogP contribution in [0.3, 0.4) is 0 Å². The number of nitrogens with zero attached hydrogens (tertiary/aromatic N) is 1. The largest absolute Gasteiger partial charge is 0.454 e. The highest BCUT2D eigenvalue weighted by molar-refractivity contribution is 6.00. The third kappa shape index (κ3) is 6.42. The van der Waals surface area contributed by atoms with E-state index in [1.165, 1.54) is 0 Å². The van der Waals surface area contributed by atoms with E-state index in [-0.39, 0.29) is 12.1 Å². The van der Waals surface area contributed by atoms with Crippen LogP contribution in [0.5, 0.6) is 0 Å². The molecule has 0 fully saturated rings. The summed E-state index contributed by atoms with van der Waals surface area (Å²) >= 11 is 0. The smallest absolute Gasteiger partial charge is 0.339 e. The molecule has 0 spiro atoms. The van der Waals surface area contributed by atoms with Gasteiger partial charge in [-0.15, -0.1) is 0 Å². The lowest BCUT2D eigenvalue weighted by Crippen LogP contribution is -2.16. The predicted molar refractivity (Wildman–Crippen MR) is 125 cm³/mol. The summed E-state index contributed by atoms with van der Waals surface area (Å²) in [5.74, 6) is -0.299. The second kappa shape index (κ2) is 11.3. The number of fused-ring (bicyclic) bond motifs is 1. The lowest BCUT2D eigenvalue weighted by Gasteiger charge is -2.20. The first-order valence-corrected chi connectivity index (χ1v) is 10.9. The van der Waals surface area contributed by atoms with Gasteiger partial charge in [-0.25, -0.2) is 4.79 Å². The molecule has 1 aliphatic heterocycles. The predicted octanol–water partition coefficient (Wildman–Crippen LogP) is 6.43. The molecule has 31 heavy (non-hydrogen) atoms. The Morgan fingerprint density at radius 2 is 1.84 bits per heavy atom. The lowest BCUT2D eigenvalue weighted by molar-refractivity contribution is 0.0301. The van der Waals surface area contributed by atoms with Gasteiger partial charge in [0.1, 0.15) is 12.7 Å². The number of aryl methyl sites for hydroxylation is 2. The summed E-state index contributed by atoms with van der Waals surface area (Å²) in [4.78, 5) is 18.7. The minimum absolute atomic E-state index is 0.299. The molecule has 0 aromatic heterocycles. The molecule has 0 N–H and O–H groups in total. The van der Waals surface area contributed by atoms with Gasteiger partial charge in [0.05, 0.1) is 11.3 Å². The minimum Gasteiger partial charge on any atom is -0.454 e. The van der Waals surface area contributed by atoms with E-state index in [1.807, 2.05) is 69.3 Å². The maximum absolute atomic E-state index is 13.4. The maximum Gasteiger partial charge on any atom is 0.339 e. The summed E-state index contributed by atoms with van der Waals surface area (Å²) < 4.78 is 6.07. The van der Waals surface area contributed by atoms with Crippen molar-refractivity contribution in [1.29, 1.82) is 0 Å². The average molecular weight is 418 g/mol. The number of esters is 1. The molecule has 4 nitrogen and oxygen atoms in total. The molecule has 2 aromatic rings. The van der Waals surface area contributed by atoms with Gasteiger partial charge in [-0.3, -0.25) is 0 Å². The van der Waals surface area contributed by atoms with Crippen molar-refractivity contribution in [3.05, 3.63) is 94.6 Å². The summed E-state index contributed by atoms with van der Waals surface area (Å²) in [7, 11) is 0.